The van der Waals surface area contributed by atoms with Gasteiger partial charge in [-0.15, -0.1) is 0 Å². The zero-order valence-corrected chi connectivity index (χ0v) is 12.7. The van der Waals surface area contributed by atoms with Crippen molar-refractivity contribution in [1.29, 1.82) is 0 Å². The molecule has 0 saturated carbocycles. The Morgan fingerprint density at radius 1 is 1.24 bits per heavy atom. The van der Waals surface area contributed by atoms with E-state index in [1.807, 2.05) is 0 Å². The average molecular weight is 314 g/mol. The van der Waals surface area contributed by atoms with E-state index >= 15 is 0 Å². The number of likely N-dealkylation sites (N-methyl/N-ethyl adjacent to an activating group) is 1. The van der Waals surface area contributed by atoms with Gasteiger partial charge in [-0.25, -0.2) is 17.9 Å². The standard InChI is InChI=1S/C13H18N2O5S/c1-3-15(4-2)12(16)9-14-21(19,20)11-7-5-6-10(8-11)13(17)18/h5-8,14H,3-4,9H2,1-2H3,(H,17,18). The number of nitrogens with one attached hydrogen (secondary N) is 1. The summed E-state index contributed by atoms with van der Waals surface area (Å²) in [6.45, 7) is 4.22. The Labute approximate surface area is 123 Å². The maximum Gasteiger partial charge on any atom is 0.335 e. The lowest BCUT2D eigenvalue weighted by Crippen LogP contribution is -2.39. The lowest BCUT2D eigenvalue weighted by atomic mass is 10.2. The average Bonchev–Trinajstić information content (AvgIpc) is 2.46. The van der Waals surface area contributed by atoms with Crippen molar-refractivity contribution in [2.45, 2.75) is 18.7 Å². The molecule has 0 saturated heterocycles. The molecule has 2 N–H and O–H groups in total. The van der Waals surface area contributed by atoms with Gasteiger partial charge in [0.1, 0.15) is 0 Å². The number of sulfonamides is 1. The van der Waals surface area contributed by atoms with Gasteiger partial charge in [0.2, 0.25) is 15.9 Å². The molecule has 0 aliphatic rings. The van der Waals surface area contributed by atoms with E-state index in [-0.39, 0.29) is 22.9 Å². The number of hydrogen-bond donors (Lipinski definition) is 2. The van der Waals surface area contributed by atoms with Gasteiger partial charge in [-0.05, 0) is 32.0 Å². The van der Waals surface area contributed by atoms with Crippen LogP contribution in [0.5, 0.6) is 0 Å². The van der Waals surface area contributed by atoms with Gasteiger partial charge in [0.05, 0.1) is 17.0 Å². The summed E-state index contributed by atoms with van der Waals surface area (Å²) in [6, 6.07) is 4.95. The maximum absolute atomic E-state index is 12.0. The van der Waals surface area contributed by atoms with Gasteiger partial charge >= 0.3 is 5.97 Å². The molecule has 0 aliphatic carbocycles. The Kier molecular flexibility index (Phi) is 5.86. The van der Waals surface area contributed by atoms with Crippen molar-refractivity contribution in [2.24, 2.45) is 0 Å². The van der Waals surface area contributed by atoms with Gasteiger partial charge in [-0.1, -0.05) is 6.07 Å². The van der Waals surface area contributed by atoms with Crippen molar-refractivity contribution in [3.8, 4) is 0 Å². The summed E-state index contributed by atoms with van der Waals surface area (Å²) in [6.07, 6.45) is 0. The van der Waals surface area contributed by atoms with Gasteiger partial charge < -0.3 is 10.0 Å². The van der Waals surface area contributed by atoms with E-state index in [9.17, 15) is 18.0 Å². The normalized spacial score (nSPS) is 11.1. The van der Waals surface area contributed by atoms with E-state index in [0.717, 1.165) is 6.07 Å². The number of amides is 1. The molecule has 0 unspecified atom stereocenters. The van der Waals surface area contributed by atoms with Crippen LogP contribution in [0.3, 0.4) is 0 Å². The Morgan fingerprint density at radius 3 is 2.38 bits per heavy atom. The smallest absolute Gasteiger partial charge is 0.335 e. The molecule has 0 aromatic heterocycles. The molecule has 0 atom stereocenters. The molecule has 1 aromatic carbocycles. The van der Waals surface area contributed by atoms with Crippen LogP contribution in [-0.4, -0.2) is 49.9 Å². The lowest BCUT2D eigenvalue weighted by Gasteiger charge is -2.18. The second-order valence-corrected chi connectivity index (χ2v) is 5.99. The number of benzene rings is 1. The summed E-state index contributed by atoms with van der Waals surface area (Å²) in [5.41, 5.74) is -0.132. The molecule has 1 amide bonds. The molecule has 0 fully saturated rings. The van der Waals surface area contributed by atoms with Crippen molar-refractivity contribution < 1.29 is 23.1 Å². The molecule has 7 nitrogen and oxygen atoms in total. The van der Waals surface area contributed by atoms with Crippen LogP contribution in [0, 0.1) is 0 Å². The molecule has 1 aromatic rings. The topological polar surface area (TPSA) is 104 Å². The number of carboxylic acids is 1. The fourth-order valence-corrected chi connectivity index (χ4v) is 2.74. The van der Waals surface area contributed by atoms with Crippen LogP contribution in [-0.2, 0) is 14.8 Å². The second-order valence-electron chi connectivity index (χ2n) is 4.22. The number of nitrogens with zero attached hydrogens (tertiary/aromatic N) is 1. The third-order valence-electron chi connectivity index (χ3n) is 2.92. The number of hydrogen-bond acceptors (Lipinski definition) is 4. The number of carbonyl (C=O) groups excluding carboxylic acids is 1. The SMILES string of the molecule is CCN(CC)C(=O)CNS(=O)(=O)c1cccc(C(=O)O)c1. The predicted molar refractivity (Wildman–Crippen MR) is 76.5 cm³/mol. The fourth-order valence-electron chi connectivity index (χ4n) is 1.72. The van der Waals surface area contributed by atoms with Crippen molar-refractivity contribution in [3.05, 3.63) is 29.8 Å². The highest BCUT2D eigenvalue weighted by Crippen LogP contribution is 2.11. The number of aromatic carboxylic acids is 1. The highest BCUT2D eigenvalue weighted by molar-refractivity contribution is 7.89. The first-order valence-corrected chi connectivity index (χ1v) is 7.91. The Bertz CT molecular complexity index is 623. The third-order valence-corrected chi connectivity index (χ3v) is 4.32. The Balaban J connectivity index is 2.85. The number of carboxylic acid groups (broad SMARTS) is 1. The molecule has 0 bridgehead atoms. The number of rotatable bonds is 7. The molecule has 116 valence electrons. The van der Waals surface area contributed by atoms with Crippen LogP contribution >= 0.6 is 0 Å². The summed E-state index contributed by atoms with van der Waals surface area (Å²) in [4.78, 5) is 23.9. The second kappa shape index (κ2) is 7.19. The van der Waals surface area contributed by atoms with E-state index in [1.165, 1.54) is 23.1 Å². The zero-order chi connectivity index (χ0) is 16.0. The lowest BCUT2D eigenvalue weighted by molar-refractivity contribution is -0.129. The van der Waals surface area contributed by atoms with Crippen LogP contribution in [0.4, 0.5) is 0 Å². The zero-order valence-electron chi connectivity index (χ0n) is 11.9. The van der Waals surface area contributed by atoms with Gasteiger partial charge in [-0.3, -0.25) is 4.79 Å². The van der Waals surface area contributed by atoms with E-state index in [2.05, 4.69) is 4.72 Å². The molecule has 8 heteroatoms. The monoisotopic (exact) mass is 314 g/mol. The summed E-state index contributed by atoms with van der Waals surface area (Å²) < 4.78 is 26.3. The van der Waals surface area contributed by atoms with E-state index in [4.69, 9.17) is 5.11 Å². The molecule has 0 aliphatic heterocycles. The van der Waals surface area contributed by atoms with Crippen LogP contribution in [0.2, 0.25) is 0 Å². The molecule has 21 heavy (non-hydrogen) atoms. The van der Waals surface area contributed by atoms with Crippen molar-refractivity contribution in [3.63, 3.8) is 0 Å². The van der Waals surface area contributed by atoms with Crippen molar-refractivity contribution in [1.82, 2.24) is 9.62 Å². The highest BCUT2D eigenvalue weighted by Gasteiger charge is 2.18. The van der Waals surface area contributed by atoms with Gasteiger partial charge in [0.15, 0.2) is 0 Å². The third kappa shape index (κ3) is 4.54. The molecule has 1 rings (SSSR count). The summed E-state index contributed by atoms with van der Waals surface area (Å²) in [5, 5.41) is 8.85. The largest absolute Gasteiger partial charge is 0.478 e. The maximum atomic E-state index is 12.0. The van der Waals surface area contributed by atoms with E-state index < -0.39 is 16.0 Å². The molecular weight excluding hydrogens is 296 g/mol. The fraction of sp³-hybridized carbons (Fsp3) is 0.385. The first kappa shape index (κ1) is 17.1. The Morgan fingerprint density at radius 2 is 1.86 bits per heavy atom. The summed E-state index contributed by atoms with van der Waals surface area (Å²) in [5.74, 6) is -1.55. The molecule has 0 spiro atoms. The van der Waals surface area contributed by atoms with Crippen molar-refractivity contribution in [2.75, 3.05) is 19.6 Å². The molecule has 0 radical (unpaired) electrons. The minimum Gasteiger partial charge on any atom is -0.478 e. The molecular formula is C13H18N2O5S. The first-order chi connectivity index (χ1) is 9.81. The summed E-state index contributed by atoms with van der Waals surface area (Å²) >= 11 is 0. The predicted octanol–water partition coefficient (Wildman–Crippen LogP) is 0.532. The highest BCUT2D eigenvalue weighted by atomic mass is 32.2. The van der Waals surface area contributed by atoms with Gasteiger partial charge in [0, 0.05) is 13.1 Å². The summed E-state index contributed by atoms with van der Waals surface area (Å²) in [7, 11) is -3.92. The van der Waals surface area contributed by atoms with Gasteiger partial charge in [-0.2, -0.15) is 0 Å². The van der Waals surface area contributed by atoms with Crippen LogP contribution in [0.15, 0.2) is 29.2 Å². The van der Waals surface area contributed by atoms with Crippen LogP contribution < -0.4 is 4.72 Å². The van der Waals surface area contributed by atoms with Crippen LogP contribution in [0.1, 0.15) is 24.2 Å². The minimum atomic E-state index is -3.92. The number of carbonyl (C=O) groups is 2. The van der Waals surface area contributed by atoms with E-state index in [0.29, 0.717) is 13.1 Å². The molecule has 0 heterocycles. The first-order valence-electron chi connectivity index (χ1n) is 6.42. The van der Waals surface area contributed by atoms with Crippen LogP contribution in [0.25, 0.3) is 0 Å². The quantitative estimate of drug-likeness (QED) is 0.764. The van der Waals surface area contributed by atoms with Crippen molar-refractivity contribution >= 4 is 21.9 Å². The minimum absolute atomic E-state index is 0.132. The Hall–Kier alpha value is -1.93. The van der Waals surface area contributed by atoms with Gasteiger partial charge in [0.25, 0.3) is 0 Å². The van der Waals surface area contributed by atoms with E-state index in [1.54, 1.807) is 13.8 Å².